The number of carboxylic acids is 1. The summed E-state index contributed by atoms with van der Waals surface area (Å²) in [5.41, 5.74) is 0.228. The van der Waals surface area contributed by atoms with Crippen LogP contribution in [0.2, 0.25) is 0 Å². The van der Waals surface area contributed by atoms with E-state index in [9.17, 15) is 19.1 Å². The van der Waals surface area contributed by atoms with Gasteiger partial charge in [-0.2, -0.15) is 0 Å². The van der Waals surface area contributed by atoms with Crippen LogP contribution in [0, 0.1) is 11.7 Å². The number of carbonyl (C=O) groups is 2. The van der Waals surface area contributed by atoms with Crippen molar-refractivity contribution in [3.8, 4) is 5.69 Å². The Morgan fingerprint density at radius 2 is 2.08 bits per heavy atom. The molecule has 3 rings (SSSR count). The largest absolute Gasteiger partial charge is 0.481 e. The highest BCUT2D eigenvalue weighted by Gasteiger charge is 2.37. The summed E-state index contributed by atoms with van der Waals surface area (Å²) in [6.45, 7) is 4.03. The lowest BCUT2D eigenvalue weighted by molar-refractivity contribution is -0.145. The molecule has 0 aliphatic carbocycles. The number of aryl methyl sites for hydroxylation is 1. The van der Waals surface area contributed by atoms with Crippen molar-refractivity contribution in [3.05, 3.63) is 41.7 Å². The first-order valence-corrected chi connectivity index (χ1v) is 8.68. The van der Waals surface area contributed by atoms with E-state index in [2.05, 4.69) is 10.1 Å². The third kappa shape index (κ3) is 3.18. The number of para-hydroxylation sites is 1. The number of piperidine rings is 1. The fourth-order valence-electron chi connectivity index (χ4n) is 3.37. The van der Waals surface area contributed by atoms with Crippen LogP contribution in [0.4, 0.5) is 4.39 Å². The Bertz CT molecular complexity index is 836. The lowest BCUT2D eigenvalue weighted by atomic mass is 9.90. The molecule has 0 saturated carbocycles. The number of hydrogen-bond donors (Lipinski definition) is 1. The summed E-state index contributed by atoms with van der Waals surface area (Å²) in [5, 5.41) is 13.5. The molecule has 1 amide bonds. The normalized spacial score (nSPS) is 20.2. The van der Waals surface area contributed by atoms with Gasteiger partial charge >= 0.3 is 5.97 Å². The first-order valence-electron chi connectivity index (χ1n) is 8.68. The van der Waals surface area contributed by atoms with E-state index in [4.69, 9.17) is 0 Å². The molecule has 138 valence electrons. The molecule has 26 heavy (non-hydrogen) atoms. The van der Waals surface area contributed by atoms with Crippen LogP contribution < -0.4 is 0 Å². The molecule has 1 aliphatic heterocycles. The molecule has 2 atom stereocenters. The Morgan fingerprint density at radius 1 is 1.35 bits per heavy atom. The first kappa shape index (κ1) is 18.0. The van der Waals surface area contributed by atoms with E-state index in [1.54, 1.807) is 25.1 Å². The molecule has 0 unspecified atom stereocenters. The summed E-state index contributed by atoms with van der Waals surface area (Å²) >= 11 is 0. The third-order valence-corrected chi connectivity index (χ3v) is 4.83. The summed E-state index contributed by atoms with van der Waals surface area (Å²) in [4.78, 5) is 30.0. The van der Waals surface area contributed by atoms with Crippen molar-refractivity contribution in [1.82, 2.24) is 19.7 Å². The number of carbonyl (C=O) groups excluding carboxylic acids is 1. The van der Waals surface area contributed by atoms with Gasteiger partial charge in [-0.05, 0) is 31.9 Å². The Labute approximate surface area is 150 Å². The molecule has 2 aromatic rings. The molecule has 1 N–H and O–H groups in total. The third-order valence-electron chi connectivity index (χ3n) is 4.83. The van der Waals surface area contributed by atoms with Gasteiger partial charge in [-0.1, -0.05) is 19.1 Å². The van der Waals surface area contributed by atoms with Gasteiger partial charge in [-0.25, -0.2) is 14.1 Å². The van der Waals surface area contributed by atoms with E-state index in [-0.39, 0.29) is 11.5 Å². The predicted octanol–water partition coefficient (Wildman–Crippen LogP) is 2.29. The van der Waals surface area contributed by atoms with Gasteiger partial charge in [-0.3, -0.25) is 9.59 Å². The van der Waals surface area contributed by atoms with Gasteiger partial charge in [0, 0.05) is 19.0 Å². The van der Waals surface area contributed by atoms with Crippen LogP contribution in [0.15, 0.2) is 24.3 Å². The van der Waals surface area contributed by atoms with Gasteiger partial charge in [-0.15, -0.1) is 5.10 Å². The highest BCUT2D eigenvalue weighted by atomic mass is 19.1. The zero-order chi connectivity index (χ0) is 18.8. The van der Waals surface area contributed by atoms with Crippen molar-refractivity contribution >= 4 is 11.9 Å². The molecular weight excluding hydrogens is 339 g/mol. The smallest absolute Gasteiger partial charge is 0.308 e. The summed E-state index contributed by atoms with van der Waals surface area (Å²) < 4.78 is 15.4. The maximum atomic E-state index is 14.1. The van der Waals surface area contributed by atoms with E-state index in [0.29, 0.717) is 31.6 Å². The quantitative estimate of drug-likeness (QED) is 0.904. The maximum absolute atomic E-state index is 14.1. The van der Waals surface area contributed by atoms with Crippen LogP contribution in [0.5, 0.6) is 0 Å². The number of aromatic nitrogens is 3. The van der Waals surface area contributed by atoms with Crippen LogP contribution in [0.3, 0.4) is 0 Å². The first-order chi connectivity index (χ1) is 12.4. The number of halogens is 1. The average molecular weight is 360 g/mol. The molecule has 7 nitrogen and oxygen atoms in total. The molecule has 0 radical (unpaired) electrons. The molecule has 1 fully saturated rings. The van der Waals surface area contributed by atoms with Crippen molar-refractivity contribution < 1.29 is 19.1 Å². The number of benzene rings is 1. The summed E-state index contributed by atoms with van der Waals surface area (Å²) in [5.74, 6) is -1.96. The predicted molar refractivity (Wildman–Crippen MR) is 91.6 cm³/mol. The Hall–Kier alpha value is -2.77. The number of carboxylic acid groups (broad SMARTS) is 1. The number of likely N-dealkylation sites (tertiary alicyclic amines) is 1. The van der Waals surface area contributed by atoms with Crippen LogP contribution in [0.25, 0.3) is 5.69 Å². The van der Waals surface area contributed by atoms with Crippen molar-refractivity contribution in [2.75, 3.05) is 6.54 Å². The highest BCUT2D eigenvalue weighted by Crippen LogP contribution is 2.25. The van der Waals surface area contributed by atoms with Gasteiger partial charge in [0.1, 0.15) is 17.3 Å². The van der Waals surface area contributed by atoms with Gasteiger partial charge in [0.15, 0.2) is 0 Å². The molecule has 2 heterocycles. The molecule has 8 heteroatoms. The second kappa shape index (κ2) is 7.23. The zero-order valence-corrected chi connectivity index (χ0v) is 14.7. The fraction of sp³-hybridized carbons (Fsp3) is 0.444. The number of nitrogens with zero attached hydrogens (tertiary/aromatic N) is 4. The Balaban J connectivity index is 1.94. The van der Waals surface area contributed by atoms with Crippen molar-refractivity contribution in [2.24, 2.45) is 5.92 Å². The van der Waals surface area contributed by atoms with E-state index in [1.165, 1.54) is 15.6 Å². The molecule has 1 aromatic heterocycles. The SMILES string of the molecule is CCc1nc(C(=O)N2CCC[C@H](C(=O)O)[C@@H]2C)nn1-c1ccccc1F. The van der Waals surface area contributed by atoms with Crippen LogP contribution in [0.1, 0.15) is 43.1 Å². The number of amides is 1. The second-order valence-corrected chi connectivity index (χ2v) is 6.39. The lowest BCUT2D eigenvalue weighted by Crippen LogP contribution is -2.49. The fourth-order valence-corrected chi connectivity index (χ4v) is 3.37. The number of rotatable bonds is 4. The van der Waals surface area contributed by atoms with E-state index in [1.807, 2.05) is 6.92 Å². The average Bonchev–Trinajstić information content (AvgIpc) is 3.05. The van der Waals surface area contributed by atoms with Crippen molar-refractivity contribution in [2.45, 2.75) is 39.2 Å². The Kier molecular flexibility index (Phi) is 5.01. The molecule has 1 aliphatic rings. The van der Waals surface area contributed by atoms with Gasteiger partial charge in [0.25, 0.3) is 5.91 Å². The van der Waals surface area contributed by atoms with Crippen molar-refractivity contribution in [1.29, 1.82) is 0 Å². The second-order valence-electron chi connectivity index (χ2n) is 6.39. The molecule has 1 saturated heterocycles. The maximum Gasteiger partial charge on any atom is 0.308 e. The minimum atomic E-state index is -0.908. The van der Waals surface area contributed by atoms with E-state index < -0.39 is 29.7 Å². The summed E-state index contributed by atoms with van der Waals surface area (Å²) in [7, 11) is 0. The topological polar surface area (TPSA) is 88.3 Å². The lowest BCUT2D eigenvalue weighted by Gasteiger charge is -2.36. The van der Waals surface area contributed by atoms with E-state index >= 15 is 0 Å². The zero-order valence-electron chi connectivity index (χ0n) is 14.7. The molecule has 1 aromatic carbocycles. The highest BCUT2D eigenvalue weighted by molar-refractivity contribution is 5.91. The van der Waals surface area contributed by atoms with Gasteiger partial charge in [0.05, 0.1) is 5.92 Å². The minimum Gasteiger partial charge on any atom is -0.481 e. The standard InChI is InChI=1S/C18H21FN4O3/c1-3-15-20-16(21-23(15)14-9-5-4-8-13(14)19)17(24)22-10-6-7-12(11(22)2)18(25)26/h4-5,8-9,11-12H,3,6-7,10H2,1-2H3,(H,25,26)/t11-,12-/m0/s1. The monoisotopic (exact) mass is 360 g/mol. The van der Waals surface area contributed by atoms with Crippen LogP contribution in [-0.4, -0.2) is 49.2 Å². The van der Waals surface area contributed by atoms with Crippen LogP contribution >= 0.6 is 0 Å². The van der Waals surface area contributed by atoms with Gasteiger partial charge in [0.2, 0.25) is 5.82 Å². The molecule has 0 spiro atoms. The minimum absolute atomic E-state index is 0.0389. The Morgan fingerprint density at radius 3 is 2.73 bits per heavy atom. The summed E-state index contributed by atoms with van der Waals surface area (Å²) in [6.07, 6.45) is 1.63. The number of aliphatic carboxylic acids is 1. The molecular formula is C18H21FN4O3. The van der Waals surface area contributed by atoms with Crippen LogP contribution in [-0.2, 0) is 11.2 Å². The molecule has 0 bridgehead atoms. The van der Waals surface area contributed by atoms with Crippen molar-refractivity contribution in [3.63, 3.8) is 0 Å². The summed E-state index contributed by atoms with van der Waals surface area (Å²) in [6, 6.07) is 5.71. The number of hydrogen-bond acceptors (Lipinski definition) is 4. The van der Waals surface area contributed by atoms with E-state index in [0.717, 1.165) is 0 Å². The van der Waals surface area contributed by atoms with Gasteiger partial charge < -0.3 is 10.0 Å².